The lowest BCUT2D eigenvalue weighted by atomic mass is 9.78. The Balaban J connectivity index is 0. The molecule has 2 N–H and O–H groups in total. The van der Waals surface area contributed by atoms with Crippen LogP contribution in [-0.4, -0.2) is 13.2 Å². The standard InChI is InChI=1S/C15H25NO.C9H12S.2C2H6/c1-12(15(2,3)4)13-6-8-14(9-7-13)17-11-5-10-16;1-9(2,10)8-6-4-3-5-7-8;2*1-2/h6-9,12H,5,10-11,16H2,1-4H3;3-7,10H,1-2H3;2*1-2H3/p+1. The SMILES string of the molecule is CC.CC.CC(C)([SH2+])c1ccccc1.CC(c1ccc(OCCCN)cc1)C(C)(C)C. The van der Waals surface area contributed by atoms with E-state index in [1.54, 1.807) is 0 Å². The van der Waals surface area contributed by atoms with E-state index in [-0.39, 0.29) is 4.75 Å². The molecule has 1 unspecified atom stereocenters. The second-order valence-corrected chi connectivity index (χ2v) is 9.89. The van der Waals surface area contributed by atoms with Gasteiger partial charge in [0.05, 0.1) is 6.61 Å². The van der Waals surface area contributed by atoms with Crippen molar-refractivity contribution in [3.8, 4) is 5.75 Å². The second-order valence-electron chi connectivity index (χ2n) is 8.64. The Labute approximate surface area is 199 Å². The Bertz CT molecular complexity index is 639. The van der Waals surface area contributed by atoms with Crippen molar-refractivity contribution >= 4 is 12.6 Å². The highest BCUT2D eigenvalue weighted by Crippen LogP contribution is 2.34. The Morgan fingerprint density at radius 3 is 1.68 bits per heavy atom. The Hall–Kier alpha value is -1.45. The lowest BCUT2D eigenvalue weighted by Gasteiger charge is -2.27. The highest BCUT2D eigenvalue weighted by atomic mass is 32.1. The first-order chi connectivity index (χ1) is 14.6. The second kappa shape index (κ2) is 17.1. The summed E-state index contributed by atoms with van der Waals surface area (Å²) in [5.41, 5.74) is 8.39. The maximum Gasteiger partial charge on any atom is 0.143 e. The monoisotopic (exact) mass is 448 g/mol. The summed E-state index contributed by atoms with van der Waals surface area (Å²) >= 11 is 3.64. The molecule has 0 aliphatic rings. The van der Waals surface area contributed by atoms with E-state index in [0.29, 0.717) is 24.5 Å². The molecular formula is C28H50NOS+. The van der Waals surface area contributed by atoms with E-state index < -0.39 is 0 Å². The van der Waals surface area contributed by atoms with E-state index in [4.69, 9.17) is 10.5 Å². The van der Waals surface area contributed by atoms with Crippen LogP contribution in [0.2, 0.25) is 0 Å². The van der Waals surface area contributed by atoms with Gasteiger partial charge in [-0.2, -0.15) is 0 Å². The molecule has 0 amide bonds. The summed E-state index contributed by atoms with van der Waals surface area (Å²) in [6.45, 7) is 22.7. The molecule has 0 aliphatic carbocycles. The first-order valence-electron chi connectivity index (χ1n) is 11.8. The molecule has 2 aromatic carbocycles. The van der Waals surface area contributed by atoms with Gasteiger partial charge in [0.2, 0.25) is 0 Å². The largest absolute Gasteiger partial charge is 0.494 e. The topological polar surface area (TPSA) is 35.2 Å². The minimum Gasteiger partial charge on any atom is -0.494 e. The van der Waals surface area contributed by atoms with Crippen LogP contribution in [0.4, 0.5) is 0 Å². The predicted octanol–water partition coefficient (Wildman–Crippen LogP) is 7.55. The van der Waals surface area contributed by atoms with Gasteiger partial charge in [0.1, 0.15) is 10.5 Å². The van der Waals surface area contributed by atoms with E-state index in [2.05, 4.69) is 90.6 Å². The van der Waals surface area contributed by atoms with E-state index in [9.17, 15) is 0 Å². The summed E-state index contributed by atoms with van der Waals surface area (Å²) in [5, 5.41) is 0. The van der Waals surface area contributed by atoms with Gasteiger partial charge in [-0.25, -0.2) is 0 Å². The van der Waals surface area contributed by atoms with Crippen molar-refractivity contribution < 1.29 is 4.74 Å². The molecule has 0 aliphatic heterocycles. The molecule has 0 aromatic heterocycles. The van der Waals surface area contributed by atoms with Gasteiger partial charge in [-0.05, 0) is 68.5 Å². The fourth-order valence-corrected chi connectivity index (χ4v) is 2.65. The van der Waals surface area contributed by atoms with Gasteiger partial charge < -0.3 is 10.5 Å². The highest BCUT2D eigenvalue weighted by Gasteiger charge is 2.21. The molecule has 0 fully saturated rings. The van der Waals surface area contributed by atoms with Crippen LogP contribution in [0.3, 0.4) is 0 Å². The summed E-state index contributed by atoms with van der Waals surface area (Å²) in [6.07, 6.45) is 0.903. The van der Waals surface area contributed by atoms with Crippen molar-refractivity contribution in [1.29, 1.82) is 0 Å². The molecule has 0 saturated carbocycles. The van der Waals surface area contributed by atoms with Crippen molar-refractivity contribution in [2.24, 2.45) is 11.1 Å². The van der Waals surface area contributed by atoms with Crippen molar-refractivity contribution in [2.75, 3.05) is 13.2 Å². The van der Waals surface area contributed by atoms with Gasteiger partial charge in [-0.3, -0.25) is 0 Å². The fraction of sp³-hybridized carbons (Fsp3) is 0.571. The van der Waals surface area contributed by atoms with Crippen LogP contribution in [0.25, 0.3) is 0 Å². The van der Waals surface area contributed by atoms with Crippen LogP contribution in [0.5, 0.6) is 5.75 Å². The molecule has 0 saturated heterocycles. The molecule has 31 heavy (non-hydrogen) atoms. The van der Waals surface area contributed by atoms with E-state index in [0.717, 1.165) is 12.2 Å². The minimum absolute atomic E-state index is 0.0985. The summed E-state index contributed by atoms with van der Waals surface area (Å²) in [4.78, 5) is 0. The molecule has 2 nitrogen and oxygen atoms in total. The van der Waals surface area contributed by atoms with Crippen molar-refractivity contribution in [2.45, 2.75) is 86.3 Å². The Morgan fingerprint density at radius 1 is 0.839 bits per heavy atom. The third-order valence-electron chi connectivity index (χ3n) is 4.79. The molecule has 0 bridgehead atoms. The van der Waals surface area contributed by atoms with E-state index in [1.165, 1.54) is 11.1 Å². The lowest BCUT2D eigenvalue weighted by Crippen LogP contribution is -2.15. The zero-order valence-electron chi connectivity index (χ0n) is 21.9. The van der Waals surface area contributed by atoms with Crippen LogP contribution in [0.1, 0.15) is 92.7 Å². The minimum atomic E-state index is 0.0985. The summed E-state index contributed by atoms with van der Waals surface area (Å²) < 4.78 is 5.69. The quantitative estimate of drug-likeness (QED) is 0.366. The summed E-state index contributed by atoms with van der Waals surface area (Å²) in [7, 11) is 0. The van der Waals surface area contributed by atoms with Crippen molar-refractivity contribution in [3.63, 3.8) is 0 Å². The molecule has 1 atom stereocenters. The lowest BCUT2D eigenvalue weighted by molar-refractivity contribution is 0.312. The number of hydrogen-bond acceptors (Lipinski definition) is 2. The van der Waals surface area contributed by atoms with Gasteiger partial charge in [-0.1, -0.05) is 97.9 Å². The molecule has 0 spiro atoms. The maximum absolute atomic E-state index is 5.59. The van der Waals surface area contributed by atoms with E-state index in [1.807, 2.05) is 45.9 Å². The number of ether oxygens (including phenoxy) is 1. The number of hydrogen-bond donors (Lipinski definition) is 1. The molecule has 0 heterocycles. The number of rotatable bonds is 6. The molecule has 178 valence electrons. The summed E-state index contributed by atoms with van der Waals surface area (Å²) in [5.74, 6) is 1.48. The fourth-order valence-electron chi connectivity index (χ4n) is 2.48. The zero-order chi connectivity index (χ0) is 24.5. The zero-order valence-corrected chi connectivity index (χ0v) is 22.9. The highest BCUT2D eigenvalue weighted by molar-refractivity contribution is 7.59. The van der Waals surface area contributed by atoms with Gasteiger partial charge in [0.15, 0.2) is 0 Å². The van der Waals surface area contributed by atoms with Crippen LogP contribution in [0, 0.1) is 5.41 Å². The van der Waals surface area contributed by atoms with Crippen molar-refractivity contribution in [1.82, 2.24) is 0 Å². The Kier molecular flexibility index (Phi) is 17.6. The maximum atomic E-state index is 5.59. The van der Waals surface area contributed by atoms with Gasteiger partial charge in [0.25, 0.3) is 0 Å². The van der Waals surface area contributed by atoms with Crippen molar-refractivity contribution in [3.05, 3.63) is 65.7 Å². The predicted molar refractivity (Wildman–Crippen MR) is 146 cm³/mol. The molecule has 3 heteroatoms. The number of benzene rings is 2. The average Bonchev–Trinajstić information content (AvgIpc) is 2.77. The average molecular weight is 449 g/mol. The van der Waals surface area contributed by atoms with Crippen LogP contribution in [-0.2, 0) is 17.4 Å². The molecule has 2 aromatic rings. The van der Waals surface area contributed by atoms with Gasteiger partial charge in [0, 0.05) is 5.56 Å². The summed E-state index contributed by atoms with van der Waals surface area (Å²) in [6, 6.07) is 18.8. The third-order valence-corrected chi connectivity index (χ3v) is 5.08. The van der Waals surface area contributed by atoms with Gasteiger partial charge in [-0.15, -0.1) is 0 Å². The van der Waals surface area contributed by atoms with Gasteiger partial charge >= 0.3 is 0 Å². The van der Waals surface area contributed by atoms with E-state index >= 15 is 0 Å². The molecule has 2 rings (SSSR count). The van der Waals surface area contributed by atoms with Crippen LogP contribution >= 0.6 is 0 Å². The number of nitrogens with two attached hydrogens (primary N) is 1. The first-order valence-corrected chi connectivity index (χ1v) is 12.3. The van der Waals surface area contributed by atoms with Crippen LogP contribution in [0.15, 0.2) is 54.6 Å². The third kappa shape index (κ3) is 14.3. The smallest absolute Gasteiger partial charge is 0.143 e. The molecule has 0 radical (unpaired) electrons. The Morgan fingerprint density at radius 2 is 1.32 bits per heavy atom. The first kappa shape index (κ1) is 31.7. The van der Waals surface area contributed by atoms with Crippen LogP contribution < -0.4 is 10.5 Å². The molecular weight excluding hydrogens is 398 g/mol. The normalized spacial score (nSPS) is 11.5.